The Morgan fingerprint density at radius 1 is 1.19 bits per heavy atom. The number of aryl methyl sites for hydroxylation is 1. The van der Waals surface area contributed by atoms with Gasteiger partial charge in [-0.2, -0.15) is 5.10 Å². The van der Waals surface area contributed by atoms with Gasteiger partial charge >= 0.3 is 0 Å². The molecule has 0 aromatic heterocycles. The van der Waals surface area contributed by atoms with Crippen LogP contribution >= 0.6 is 0 Å². The second-order valence-electron chi connectivity index (χ2n) is 6.16. The Labute approximate surface area is 155 Å². The number of amides is 1. The van der Waals surface area contributed by atoms with Crippen LogP contribution in [0.25, 0.3) is 5.70 Å². The third-order valence-electron chi connectivity index (χ3n) is 4.53. The van der Waals surface area contributed by atoms with Gasteiger partial charge in [0.1, 0.15) is 0 Å². The molecule has 2 aromatic carbocycles. The molecule has 0 bridgehead atoms. The van der Waals surface area contributed by atoms with Crippen molar-refractivity contribution in [3.8, 4) is 0 Å². The van der Waals surface area contributed by atoms with Crippen LogP contribution in [0.2, 0.25) is 0 Å². The number of benzene rings is 2. The van der Waals surface area contributed by atoms with Gasteiger partial charge in [-0.15, -0.1) is 0 Å². The maximum Gasteiger partial charge on any atom is 0.211 e. The zero-order valence-corrected chi connectivity index (χ0v) is 15.7. The molecule has 3 rings (SSSR count). The number of fused-ring (bicyclic) bond motifs is 1. The molecule has 5 nitrogen and oxygen atoms in total. The largest absolute Gasteiger partial charge is 0.329 e. The number of hydrogen-bond donors (Lipinski definition) is 1. The summed E-state index contributed by atoms with van der Waals surface area (Å²) in [7, 11) is -1.02. The van der Waals surface area contributed by atoms with E-state index in [1.165, 1.54) is 11.1 Å². The lowest BCUT2D eigenvalue weighted by Crippen LogP contribution is -2.20. The second kappa shape index (κ2) is 7.66. The van der Waals surface area contributed by atoms with Gasteiger partial charge in [-0.25, -0.2) is 5.01 Å². The zero-order chi connectivity index (χ0) is 18.7. The van der Waals surface area contributed by atoms with Crippen LogP contribution in [0.1, 0.15) is 24.5 Å². The Morgan fingerprint density at radius 3 is 2.54 bits per heavy atom. The third-order valence-corrected chi connectivity index (χ3v) is 5.47. The Balaban J connectivity index is 2.08. The quantitative estimate of drug-likeness (QED) is 0.480. The first-order valence-electron chi connectivity index (χ1n) is 8.28. The van der Waals surface area contributed by atoms with Crippen molar-refractivity contribution in [3.05, 3.63) is 59.2 Å². The van der Waals surface area contributed by atoms with Gasteiger partial charge in [0, 0.05) is 39.9 Å². The van der Waals surface area contributed by atoms with Gasteiger partial charge in [-0.1, -0.05) is 6.07 Å². The van der Waals surface area contributed by atoms with E-state index in [4.69, 9.17) is 0 Å². The van der Waals surface area contributed by atoms with Crippen LogP contribution in [0.3, 0.4) is 0 Å². The van der Waals surface area contributed by atoms with Crippen LogP contribution in [-0.2, 0) is 22.0 Å². The lowest BCUT2D eigenvalue weighted by molar-refractivity contribution is -0.105. The van der Waals surface area contributed by atoms with Crippen molar-refractivity contribution in [1.82, 2.24) is 0 Å². The molecular formula is C20H21N3O2S. The van der Waals surface area contributed by atoms with Gasteiger partial charge in [0.25, 0.3) is 0 Å². The van der Waals surface area contributed by atoms with Gasteiger partial charge in [-0.05, 0) is 67.3 Å². The van der Waals surface area contributed by atoms with Crippen molar-refractivity contribution < 1.29 is 9.00 Å². The molecule has 0 spiro atoms. The van der Waals surface area contributed by atoms with Gasteiger partial charge in [-0.3, -0.25) is 9.00 Å². The number of hydrogen-bond acceptors (Lipinski definition) is 4. The highest BCUT2D eigenvalue weighted by molar-refractivity contribution is 7.84. The molecule has 1 amide bonds. The molecule has 0 heterocycles. The van der Waals surface area contributed by atoms with E-state index in [2.05, 4.69) is 24.1 Å². The standard InChI is InChI=1S/C20H21N3O2S/c1-14-4-5-15-6-7-16(22-13-24)12-19(15)20(14)23(21-2)17-8-10-18(11-9-17)26(3)25/h6-13H,2,4-5H2,1,3H3,(H,22,24). The maximum absolute atomic E-state index is 11.6. The molecule has 1 atom stereocenters. The predicted molar refractivity (Wildman–Crippen MR) is 108 cm³/mol. The smallest absolute Gasteiger partial charge is 0.211 e. The van der Waals surface area contributed by atoms with Crippen LogP contribution in [0, 0.1) is 0 Å². The molecule has 134 valence electrons. The van der Waals surface area contributed by atoms with Crippen molar-refractivity contribution in [1.29, 1.82) is 0 Å². The molecule has 1 N–H and O–H groups in total. The Morgan fingerprint density at radius 2 is 1.92 bits per heavy atom. The minimum Gasteiger partial charge on any atom is -0.329 e. The zero-order valence-electron chi connectivity index (χ0n) is 14.9. The molecule has 1 aliphatic carbocycles. The summed E-state index contributed by atoms with van der Waals surface area (Å²) in [4.78, 5) is 11.6. The number of anilines is 2. The number of nitrogens with one attached hydrogen (secondary N) is 1. The summed E-state index contributed by atoms with van der Waals surface area (Å²) in [6, 6.07) is 13.4. The minimum absolute atomic E-state index is 0.675. The van der Waals surface area contributed by atoms with Crippen LogP contribution in [0.4, 0.5) is 11.4 Å². The summed E-state index contributed by atoms with van der Waals surface area (Å²) in [5.41, 5.74) is 6.02. The lowest BCUT2D eigenvalue weighted by atomic mass is 9.89. The Hall–Kier alpha value is -2.73. The second-order valence-corrected chi connectivity index (χ2v) is 7.54. The van der Waals surface area contributed by atoms with E-state index in [1.54, 1.807) is 11.3 Å². The Kier molecular flexibility index (Phi) is 5.32. The fraction of sp³-hybridized carbons (Fsp3) is 0.200. The molecule has 0 saturated carbocycles. The fourth-order valence-electron chi connectivity index (χ4n) is 3.20. The highest BCUT2D eigenvalue weighted by Gasteiger charge is 2.23. The first-order valence-corrected chi connectivity index (χ1v) is 9.84. The number of nitrogens with zero attached hydrogens (tertiary/aromatic N) is 2. The van der Waals surface area contributed by atoms with E-state index in [-0.39, 0.29) is 0 Å². The normalized spacial score (nSPS) is 14.4. The predicted octanol–water partition coefficient (Wildman–Crippen LogP) is 3.79. The van der Waals surface area contributed by atoms with Crippen LogP contribution in [-0.4, -0.2) is 23.6 Å². The van der Waals surface area contributed by atoms with E-state index in [9.17, 15) is 9.00 Å². The number of carbonyl (C=O) groups is 1. The van der Waals surface area contributed by atoms with E-state index < -0.39 is 10.8 Å². The third kappa shape index (κ3) is 3.46. The van der Waals surface area contributed by atoms with E-state index in [0.717, 1.165) is 40.4 Å². The average molecular weight is 367 g/mol. The van der Waals surface area contributed by atoms with Gasteiger partial charge in [0.15, 0.2) is 0 Å². The summed E-state index contributed by atoms with van der Waals surface area (Å²) in [5, 5.41) is 8.75. The van der Waals surface area contributed by atoms with E-state index in [0.29, 0.717) is 6.41 Å². The molecule has 6 heteroatoms. The van der Waals surface area contributed by atoms with Gasteiger partial charge in [0.2, 0.25) is 6.41 Å². The fourth-order valence-corrected chi connectivity index (χ4v) is 3.72. The summed E-state index contributed by atoms with van der Waals surface area (Å²) in [5.74, 6) is 0. The number of carbonyl (C=O) groups excluding carboxylic acids is 1. The monoisotopic (exact) mass is 367 g/mol. The van der Waals surface area contributed by atoms with Crippen molar-refractivity contribution in [2.24, 2.45) is 5.10 Å². The molecule has 0 radical (unpaired) electrons. The molecule has 0 aliphatic heterocycles. The van der Waals surface area contributed by atoms with Gasteiger partial charge in [0.05, 0.1) is 11.4 Å². The summed E-state index contributed by atoms with van der Waals surface area (Å²) >= 11 is 0. The van der Waals surface area contributed by atoms with E-state index in [1.807, 2.05) is 42.5 Å². The highest BCUT2D eigenvalue weighted by Crippen LogP contribution is 2.37. The molecular weight excluding hydrogens is 346 g/mol. The summed E-state index contributed by atoms with van der Waals surface area (Å²) < 4.78 is 11.6. The average Bonchev–Trinajstić information content (AvgIpc) is 2.64. The van der Waals surface area contributed by atoms with Crippen molar-refractivity contribution in [2.75, 3.05) is 16.6 Å². The lowest BCUT2D eigenvalue weighted by Gasteiger charge is -2.29. The Bertz CT molecular complexity index is 904. The number of hydrazone groups is 1. The van der Waals surface area contributed by atoms with Crippen molar-refractivity contribution in [2.45, 2.75) is 24.7 Å². The van der Waals surface area contributed by atoms with Crippen LogP contribution in [0.15, 0.2) is 58.0 Å². The number of rotatable bonds is 6. The van der Waals surface area contributed by atoms with E-state index >= 15 is 0 Å². The molecule has 1 aliphatic rings. The molecule has 0 saturated heterocycles. The maximum atomic E-state index is 11.6. The van der Waals surface area contributed by atoms with Gasteiger partial charge < -0.3 is 5.32 Å². The first kappa shape index (κ1) is 18.1. The van der Waals surface area contributed by atoms with Crippen LogP contribution in [0.5, 0.6) is 0 Å². The van der Waals surface area contributed by atoms with Crippen molar-refractivity contribution in [3.63, 3.8) is 0 Å². The number of allylic oxidation sites excluding steroid dienone is 1. The molecule has 26 heavy (non-hydrogen) atoms. The summed E-state index contributed by atoms with van der Waals surface area (Å²) in [6.45, 7) is 5.84. The topological polar surface area (TPSA) is 61.8 Å². The minimum atomic E-state index is -1.02. The SMILES string of the molecule is C=NN(C1=C(C)CCc2ccc(NC=O)cc21)c1ccc(S(C)=O)cc1. The molecule has 0 fully saturated rings. The van der Waals surface area contributed by atoms with Crippen molar-refractivity contribution >= 4 is 41.0 Å². The molecule has 2 aromatic rings. The van der Waals surface area contributed by atoms with Crippen LogP contribution < -0.4 is 10.3 Å². The first-order chi connectivity index (χ1) is 12.5. The summed E-state index contributed by atoms with van der Waals surface area (Å²) in [6.07, 6.45) is 4.22. The highest BCUT2D eigenvalue weighted by atomic mass is 32.2. The molecule has 1 unspecified atom stereocenters.